The van der Waals surface area contributed by atoms with Crippen LogP contribution in [0.25, 0.3) is 0 Å². The molecule has 5 atom stereocenters. The molecule has 14 nitrogen and oxygen atoms in total. The number of aliphatic imine (C=N–C) groups is 1. The monoisotopic (exact) mass is 668 g/mol. The lowest BCUT2D eigenvalue weighted by atomic mass is 9.85. The summed E-state index contributed by atoms with van der Waals surface area (Å²) < 4.78 is 7.03. The lowest BCUT2D eigenvalue weighted by molar-refractivity contribution is -0.139. The van der Waals surface area contributed by atoms with Gasteiger partial charge in [0.25, 0.3) is 0 Å². The zero-order chi connectivity index (χ0) is 35.4. The molecule has 2 amide bonds. The van der Waals surface area contributed by atoms with E-state index in [1.807, 2.05) is 70.3 Å². The van der Waals surface area contributed by atoms with Gasteiger partial charge in [0.1, 0.15) is 6.04 Å². The molecule has 4 N–H and O–H groups in total. The van der Waals surface area contributed by atoms with Crippen molar-refractivity contribution in [3.8, 4) is 0 Å². The summed E-state index contributed by atoms with van der Waals surface area (Å²) >= 11 is 0. The molecule has 14 heteroatoms. The summed E-state index contributed by atoms with van der Waals surface area (Å²) in [6.07, 6.45) is 12.2. The zero-order valence-electron chi connectivity index (χ0n) is 30.2. The van der Waals surface area contributed by atoms with Crippen LogP contribution in [0, 0.1) is 5.41 Å². The van der Waals surface area contributed by atoms with Crippen molar-refractivity contribution in [3.05, 3.63) is 52.1 Å². The van der Waals surface area contributed by atoms with Crippen LogP contribution in [0.2, 0.25) is 0 Å². The number of hydrogen-bond donors (Lipinski definition) is 4. The molecule has 3 heterocycles. The van der Waals surface area contributed by atoms with E-state index in [4.69, 9.17) is 9.41 Å². The highest BCUT2D eigenvalue weighted by Crippen LogP contribution is 2.33. The van der Waals surface area contributed by atoms with Crippen molar-refractivity contribution in [2.24, 2.45) is 10.4 Å². The third kappa shape index (κ3) is 10.5. The normalized spacial score (nSPS) is 19.6. The van der Waals surface area contributed by atoms with E-state index in [1.54, 1.807) is 14.0 Å². The molecule has 1 aliphatic rings. The largest absolute Gasteiger partial charge is 0.434 e. The van der Waals surface area contributed by atoms with Crippen LogP contribution in [0.3, 0.4) is 0 Å². The number of amides is 2. The Balaban J connectivity index is 1.63. The van der Waals surface area contributed by atoms with Gasteiger partial charge < -0.3 is 25.3 Å². The van der Waals surface area contributed by atoms with Gasteiger partial charge in [0.2, 0.25) is 17.7 Å². The van der Waals surface area contributed by atoms with Crippen LogP contribution in [-0.4, -0.2) is 92.4 Å². The molecule has 48 heavy (non-hydrogen) atoms. The van der Waals surface area contributed by atoms with Crippen molar-refractivity contribution in [1.29, 1.82) is 0 Å². The average molecular weight is 669 g/mol. The number of carbonyl (C=O) groups excluding carboxylic acids is 2. The van der Waals surface area contributed by atoms with Crippen LogP contribution in [0.1, 0.15) is 105 Å². The maximum Gasteiger partial charge on any atom is 0.434 e. The number of nitrogens with zero attached hydrogens (tertiary/aromatic N) is 6. The molecule has 5 unspecified atom stereocenters. The van der Waals surface area contributed by atoms with Gasteiger partial charge >= 0.3 is 5.76 Å². The van der Waals surface area contributed by atoms with Gasteiger partial charge in [-0.15, -0.1) is 10.2 Å². The van der Waals surface area contributed by atoms with E-state index in [-0.39, 0.29) is 29.9 Å². The Morgan fingerprint density at radius 2 is 2.00 bits per heavy atom. The Bertz CT molecular complexity index is 1480. The predicted molar refractivity (Wildman–Crippen MR) is 187 cm³/mol. The number of H-pyrrole nitrogens is 1. The number of aryl methyl sites for hydroxylation is 1. The summed E-state index contributed by atoms with van der Waals surface area (Å²) in [6.45, 7) is 17.5. The Labute approximate surface area is 284 Å². The van der Waals surface area contributed by atoms with Crippen LogP contribution in [0.15, 0.2) is 44.2 Å². The van der Waals surface area contributed by atoms with Gasteiger partial charge in [0.05, 0.1) is 29.9 Å². The van der Waals surface area contributed by atoms with Crippen molar-refractivity contribution in [2.45, 2.75) is 118 Å². The van der Waals surface area contributed by atoms with E-state index < -0.39 is 23.3 Å². The minimum absolute atomic E-state index is 0.105. The minimum Gasteiger partial charge on any atom is -0.391 e. The second kappa shape index (κ2) is 18.0. The van der Waals surface area contributed by atoms with Gasteiger partial charge in [-0.3, -0.25) is 14.6 Å². The average Bonchev–Trinajstić information content (AvgIpc) is 3.80. The predicted octanol–water partition coefficient (Wildman–Crippen LogP) is 3.28. The second-order valence-electron chi connectivity index (χ2n) is 13.6. The van der Waals surface area contributed by atoms with Crippen molar-refractivity contribution >= 4 is 17.5 Å². The first-order valence-electron chi connectivity index (χ1n) is 17.1. The molecule has 0 spiro atoms. The lowest BCUT2D eigenvalue weighted by Crippen LogP contribution is -2.59. The molecule has 1 fully saturated rings. The molecule has 0 aromatic carbocycles. The molecule has 1 aliphatic heterocycles. The van der Waals surface area contributed by atoms with Crippen LogP contribution < -0.4 is 21.7 Å². The summed E-state index contributed by atoms with van der Waals surface area (Å²) in [7, 11) is 1.72. The van der Waals surface area contributed by atoms with Gasteiger partial charge in [-0.2, -0.15) is 0 Å². The number of hydrogen-bond acceptors (Lipinski definition) is 10. The third-order valence-corrected chi connectivity index (χ3v) is 8.66. The number of unbranched alkanes of at least 4 members (excludes halogenated alkanes) is 1. The summed E-state index contributed by atoms with van der Waals surface area (Å²) in [5, 5.41) is 24.5. The summed E-state index contributed by atoms with van der Waals surface area (Å²) in [6, 6.07) is -1.67. The molecule has 0 bridgehead atoms. The summed E-state index contributed by atoms with van der Waals surface area (Å²) in [5.74, 6) is -0.515. The molecule has 3 rings (SSSR count). The van der Waals surface area contributed by atoms with E-state index >= 15 is 0 Å². The number of likely N-dealkylation sites (N-methyl/N-ethyl adjacent to an activating group) is 1. The molecule has 1 saturated heterocycles. The van der Waals surface area contributed by atoms with E-state index in [9.17, 15) is 14.4 Å². The lowest BCUT2D eigenvalue weighted by Gasteiger charge is -2.37. The van der Waals surface area contributed by atoms with Crippen LogP contribution >= 0.6 is 0 Å². The van der Waals surface area contributed by atoms with Crippen molar-refractivity contribution in [1.82, 2.24) is 46.0 Å². The van der Waals surface area contributed by atoms with E-state index in [2.05, 4.69) is 48.6 Å². The first-order valence-corrected chi connectivity index (χ1v) is 17.1. The van der Waals surface area contributed by atoms with Crippen molar-refractivity contribution in [3.63, 3.8) is 0 Å². The number of carbonyl (C=O) groups is 2. The SMILES string of the molecule is CCN=C(C)C1C(n2cc(CCCC=CC=C(C)CC(NCC)c3n[nH]c(=O)o3)nn2)CCN1C(=O)C(NC(=O)C(C)NC)C(C)(C)C. The standard InChI is InChI=1S/C34H56N10O4/c1-10-36-23(4)28-27(18-19-43(28)32(46)29(34(6,7)8)38-30(45)24(5)35-9)44-21-25(39-42-44)17-15-13-12-14-16-22(3)20-26(37-11-2)31-40-41-33(47)48-31/h12,14,16,21,24,26-29,35,37H,10-11,13,15,17-20H2,1-9H3,(H,38,45)(H,41,47). The Hall–Kier alpha value is -3.91. The highest BCUT2D eigenvalue weighted by atomic mass is 16.4. The second-order valence-corrected chi connectivity index (χ2v) is 13.6. The smallest absolute Gasteiger partial charge is 0.391 e. The maximum atomic E-state index is 14.1. The Morgan fingerprint density at radius 3 is 2.62 bits per heavy atom. The number of rotatable bonds is 17. The maximum absolute atomic E-state index is 14.1. The molecule has 266 valence electrons. The van der Waals surface area contributed by atoms with Crippen LogP contribution in [0.5, 0.6) is 0 Å². The summed E-state index contributed by atoms with van der Waals surface area (Å²) in [5.41, 5.74) is 2.41. The van der Waals surface area contributed by atoms with Crippen molar-refractivity contribution < 1.29 is 14.0 Å². The van der Waals surface area contributed by atoms with Gasteiger partial charge in [0, 0.05) is 25.0 Å². The fourth-order valence-electron chi connectivity index (χ4n) is 5.95. The molecular weight excluding hydrogens is 612 g/mol. The number of allylic oxidation sites excluding steroid dienone is 3. The molecule has 2 aromatic rings. The number of nitrogens with one attached hydrogen (secondary N) is 4. The number of aromatic nitrogens is 5. The molecule has 0 aliphatic carbocycles. The zero-order valence-corrected chi connectivity index (χ0v) is 30.2. The Kier molecular flexibility index (Phi) is 14.5. The van der Waals surface area contributed by atoms with Gasteiger partial charge in [-0.25, -0.2) is 14.6 Å². The highest BCUT2D eigenvalue weighted by Gasteiger charge is 2.45. The fourth-order valence-corrected chi connectivity index (χ4v) is 5.95. The van der Waals surface area contributed by atoms with E-state index in [1.165, 1.54) is 0 Å². The quantitative estimate of drug-likeness (QED) is 0.112. The van der Waals surface area contributed by atoms with E-state index in [0.717, 1.165) is 42.8 Å². The Morgan fingerprint density at radius 1 is 1.25 bits per heavy atom. The van der Waals surface area contributed by atoms with Crippen molar-refractivity contribution in [2.75, 3.05) is 26.7 Å². The van der Waals surface area contributed by atoms with Gasteiger partial charge in [-0.05, 0) is 78.8 Å². The molecule has 0 saturated carbocycles. The topological polar surface area (TPSA) is 175 Å². The van der Waals surface area contributed by atoms with Crippen LogP contribution in [-0.2, 0) is 16.0 Å². The van der Waals surface area contributed by atoms with Gasteiger partial charge in [0.15, 0.2) is 0 Å². The number of likely N-dealkylation sites (tertiary alicyclic amines) is 1. The first kappa shape index (κ1) is 38.5. The summed E-state index contributed by atoms with van der Waals surface area (Å²) in [4.78, 5) is 44.9. The molecule has 2 aromatic heterocycles. The molecule has 0 radical (unpaired) electrons. The minimum atomic E-state index is -0.692. The fraction of sp³-hybridized carbons (Fsp3) is 0.676. The third-order valence-electron chi connectivity index (χ3n) is 8.66. The van der Waals surface area contributed by atoms with Crippen LogP contribution in [0.4, 0.5) is 0 Å². The van der Waals surface area contributed by atoms with E-state index in [0.29, 0.717) is 31.8 Å². The molecular formula is C34H56N10O4. The van der Waals surface area contributed by atoms with Gasteiger partial charge in [-0.1, -0.05) is 56.7 Å². The number of aromatic amines is 1. The highest BCUT2D eigenvalue weighted by molar-refractivity contribution is 5.96. The first-order chi connectivity index (χ1) is 22.8.